The monoisotopic (exact) mass is 876 g/mol. The van der Waals surface area contributed by atoms with Crippen LogP contribution in [0.5, 0.6) is 0 Å². The SMILES string of the molecule is C=C(c1ccc(NC(=O)c2cccc(S(=O)(=O)N3CCOCC3)c2)cc1S(=O)(=O)O)c1ccc(NC(=O)c2cccc(S(=O)(=O)N3CCOCC3)c2)cc1S(=O)(=O)O. The number of nitrogens with zero attached hydrogens (tertiary/aromatic N) is 2. The molecule has 0 radical (unpaired) electrons. The maximum Gasteiger partial charge on any atom is 0.295 e. The Bertz CT molecular complexity index is 2560. The first-order valence-corrected chi connectivity index (χ1v) is 22.9. The molecule has 0 spiro atoms. The smallest absolute Gasteiger partial charge is 0.295 e. The summed E-state index contributed by atoms with van der Waals surface area (Å²) in [5, 5.41) is 4.90. The Kier molecular flexibility index (Phi) is 12.4. The van der Waals surface area contributed by atoms with Gasteiger partial charge in [0.25, 0.3) is 32.1 Å². The van der Waals surface area contributed by atoms with Crippen molar-refractivity contribution < 1.29 is 61.8 Å². The Labute approximate surface area is 334 Å². The van der Waals surface area contributed by atoms with Crippen molar-refractivity contribution in [2.24, 2.45) is 0 Å². The lowest BCUT2D eigenvalue weighted by atomic mass is 9.98. The van der Waals surface area contributed by atoms with Crippen LogP contribution in [-0.2, 0) is 49.8 Å². The van der Waals surface area contributed by atoms with Crippen LogP contribution >= 0.6 is 0 Å². The third kappa shape index (κ3) is 9.36. The zero-order valence-corrected chi connectivity index (χ0v) is 33.5. The van der Waals surface area contributed by atoms with Crippen LogP contribution in [0.15, 0.2) is 111 Å². The van der Waals surface area contributed by atoms with Crippen LogP contribution in [0.1, 0.15) is 31.8 Å². The van der Waals surface area contributed by atoms with E-state index in [4.69, 9.17) is 9.47 Å². The van der Waals surface area contributed by atoms with Crippen LogP contribution in [0.4, 0.5) is 11.4 Å². The van der Waals surface area contributed by atoms with Gasteiger partial charge in [0.05, 0.1) is 36.2 Å². The molecule has 4 aromatic rings. The number of anilines is 2. The van der Waals surface area contributed by atoms with Gasteiger partial charge in [0.1, 0.15) is 9.79 Å². The van der Waals surface area contributed by atoms with Gasteiger partial charge in [-0.25, -0.2) is 16.8 Å². The standard InChI is InChI=1S/C36H36N4O14S4/c1-24(31-10-8-27(22-33(31)57(47,48)49)37-35(41)25-4-2-6-29(20-25)55(43,44)39-12-16-53-17-13-39)32-11-9-28(23-34(32)58(50,51)52)38-36(42)26-5-3-7-30(21-26)56(45,46)40-14-18-54-19-15-40/h2-11,20-23H,1,12-19H2,(H,37,41)(H,38,42)(H,47,48,49)(H,50,51,52). The van der Waals surface area contributed by atoms with Crippen molar-refractivity contribution in [2.45, 2.75) is 19.6 Å². The van der Waals surface area contributed by atoms with Gasteiger partial charge >= 0.3 is 0 Å². The molecule has 6 rings (SSSR count). The average Bonchev–Trinajstić information content (AvgIpc) is 3.20. The number of sulfonamides is 2. The Morgan fingerprint density at radius 3 is 1.26 bits per heavy atom. The topological polar surface area (TPSA) is 260 Å². The van der Waals surface area contributed by atoms with E-state index >= 15 is 0 Å². The number of benzene rings is 4. The first kappa shape index (κ1) is 42.7. The highest BCUT2D eigenvalue weighted by Crippen LogP contribution is 2.35. The lowest BCUT2D eigenvalue weighted by molar-refractivity contribution is 0.0730. The van der Waals surface area contributed by atoms with Gasteiger partial charge in [0.2, 0.25) is 20.0 Å². The number of hydrogen-bond donors (Lipinski definition) is 4. The quantitative estimate of drug-likeness (QED) is 0.149. The maximum absolute atomic E-state index is 13.2. The molecule has 22 heteroatoms. The number of amides is 2. The van der Waals surface area contributed by atoms with E-state index in [0.717, 1.165) is 36.4 Å². The summed E-state index contributed by atoms with van der Waals surface area (Å²) in [5.41, 5.74) is -1.49. The minimum Gasteiger partial charge on any atom is -0.379 e. The van der Waals surface area contributed by atoms with Gasteiger partial charge in [0, 0.05) is 59.8 Å². The number of carbonyl (C=O) groups is 2. The fraction of sp³-hybridized carbons (Fsp3) is 0.222. The normalized spacial score (nSPS) is 16.0. The van der Waals surface area contributed by atoms with E-state index in [0.29, 0.717) is 0 Å². The minimum atomic E-state index is -5.10. The average molecular weight is 877 g/mol. The molecule has 18 nitrogen and oxygen atoms in total. The van der Waals surface area contributed by atoms with Crippen molar-refractivity contribution in [3.05, 3.63) is 114 Å². The third-order valence-corrected chi connectivity index (χ3v) is 14.7. The van der Waals surface area contributed by atoms with Gasteiger partial charge in [-0.05, 0) is 66.2 Å². The summed E-state index contributed by atoms with van der Waals surface area (Å²) in [7, 11) is -18.1. The van der Waals surface area contributed by atoms with Crippen LogP contribution in [0, 0.1) is 0 Å². The summed E-state index contributed by atoms with van der Waals surface area (Å²) in [4.78, 5) is 24.5. The maximum atomic E-state index is 13.2. The molecule has 2 aliphatic heterocycles. The first-order valence-electron chi connectivity index (χ1n) is 17.2. The van der Waals surface area contributed by atoms with E-state index in [2.05, 4.69) is 17.2 Å². The summed E-state index contributed by atoms with van der Waals surface area (Å²) in [6, 6.07) is 16.7. The van der Waals surface area contributed by atoms with Crippen molar-refractivity contribution >= 4 is 69.0 Å². The second-order valence-electron chi connectivity index (χ2n) is 12.8. The highest BCUT2D eigenvalue weighted by atomic mass is 32.2. The highest BCUT2D eigenvalue weighted by molar-refractivity contribution is 7.89. The molecular weight excluding hydrogens is 841 g/mol. The molecule has 2 aliphatic rings. The number of ether oxygens (including phenoxy) is 2. The van der Waals surface area contributed by atoms with E-state index in [1.54, 1.807) is 0 Å². The minimum absolute atomic E-state index is 0.0908. The van der Waals surface area contributed by atoms with E-state index < -0.39 is 61.9 Å². The summed E-state index contributed by atoms with van der Waals surface area (Å²) >= 11 is 0. The van der Waals surface area contributed by atoms with Gasteiger partial charge in [-0.15, -0.1) is 0 Å². The molecule has 0 saturated carbocycles. The van der Waals surface area contributed by atoms with Crippen molar-refractivity contribution in [1.29, 1.82) is 0 Å². The predicted molar refractivity (Wildman–Crippen MR) is 209 cm³/mol. The van der Waals surface area contributed by atoms with Crippen LogP contribution < -0.4 is 10.6 Å². The largest absolute Gasteiger partial charge is 0.379 e. The highest BCUT2D eigenvalue weighted by Gasteiger charge is 2.29. The molecule has 0 bridgehead atoms. The van der Waals surface area contributed by atoms with Crippen molar-refractivity contribution in [3.63, 3.8) is 0 Å². The molecule has 58 heavy (non-hydrogen) atoms. The van der Waals surface area contributed by atoms with Crippen LogP contribution in [0.25, 0.3) is 5.57 Å². The van der Waals surface area contributed by atoms with Crippen LogP contribution in [-0.4, -0.2) is 116 Å². The van der Waals surface area contributed by atoms with Crippen molar-refractivity contribution in [2.75, 3.05) is 63.2 Å². The molecular formula is C36H36N4O14S4. The van der Waals surface area contributed by atoms with Gasteiger partial charge in [-0.1, -0.05) is 30.8 Å². The Morgan fingerprint density at radius 1 is 0.552 bits per heavy atom. The van der Waals surface area contributed by atoms with E-state index in [1.165, 1.54) is 57.1 Å². The second kappa shape index (κ2) is 16.8. The van der Waals surface area contributed by atoms with E-state index in [9.17, 15) is 52.4 Å². The second-order valence-corrected chi connectivity index (χ2v) is 19.5. The molecule has 4 aromatic carbocycles. The van der Waals surface area contributed by atoms with Gasteiger partial charge in [0.15, 0.2) is 0 Å². The zero-order valence-electron chi connectivity index (χ0n) is 30.3. The zero-order chi connectivity index (χ0) is 42.0. The molecule has 2 fully saturated rings. The molecule has 2 amide bonds. The van der Waals surface area contributed by atoms with Crippen LogP contribution in [0.3, 0.4) is 0 Å². The first-order chi connectivity index (χ1) is 27.3. The molecule has 0 atom stereocenters. The van der Waals surface area contributed by atoms with E-state index in [-0.39, 0.29) is 102 Å². The van der Waals surface area contributed by atoms with Crippen molar-refractivity contribution in [1.82, 2.24) is 8.61 Å². The molecule has 0 aliphatic carbocycles. The van der Waals surface area contributed by atoms with Gasteiger partial charge in [-0.3, -0.25) is 18.7 Å². The fourth-order valence-corrected chi connectivity index (χ4v) is 10.5. The molecule has 0 unspecified atom stereocenters. The number of rotatable bonds is 12. The lowest BCUT2D eigenvalue weighted by Gasteiger charge is -2.26. The molecule has 4 N–H and O–H groups in total. The number of carbonyl (C=O) groups excluding carboxylic acids is 2. The van der Waals surface area contributed by atoms with Crippen LogP contribution in [0.2, 0.25) is 0 Å². The lowest BCUT2D eigenvalue weighted by Crippen LogP contribution is -2.40. The number of morpholine rings is 2. The molecule has 0 aromatic heterocycles. The Morgan fingerprint density at radius 2 is 0.914 bits per heavy atom. The summed E-state index contributed by atoms with van der Waals surface area (Å²) in [6.45, 7) is 5.15. The predicted octanol–water partition coefficient (Wildman–Crippen LogP) is 2.79. The Hall–Kier alpha value is -4.88. The van der Waals surface area contributed by atoms with Gasteiger partial charge in [-0.2, -0.15) is 25.4 Å². The molecule has 308 valence electrons. The van der Waals surface area contributed by atoms with Crippen molar-refractivity contribution in [3.8, 4) is 0 Å². The Balaban J connectivity index is 1.25. The summed E-state index contributed by atoms with van der Waals surface area (Å²) in [5.74, 6) is -1.66. The third-order valence-electron chi connectivity index (χ3n) is 9.09. The number of nitrogens with one attached hydrogen (secondary N) is 2. The number of hydrogen-bond acceptors (Lipinski definition) is 12. The molecule has 2 heterocycles. The van der Waals surface area contributed by atoms with E-state index in [1.807, 2.05) is 0 Å². The fourth-order valence-electron chi connectivity index (χ4n) is 6.14. The summed E-state index contributed by atoms with van der Waals surface area (Å²) < 4.78 is 136. The van der Waals surface area contributed by atoms with Gasteiger partial charge < -0.3 is 20.1 Å². The summed E-state index contributed by atoms with van der Waals surface area (Å²) in [6.07, 6.45) is 0. The molecule has 2 saturated heterocycles.